The highest BCUT2D eigenvalue weighted by molar-refractivity contribution is 5.99. The van der Waals surface area contributed by atoms with E-state index in [-0.39, 0.29) is 23.6 Å². The molecule has 2 saturated heterocycles. The van der Waals surface area contributed by atoms with Gasteiger partial charge in [-0.15, -0.1) is 0 Å². The van der Waals surface area contributed by atoms with E-state index in [1.165, 1.54) is 4.90 Å². The highest BCUT2D eigenvalue weighted by Crippen LogP contribution is 2.20. The molecule has 0 aromatic carbocycles. The highest BCUT2D eigenvalue weighted by Gasteiger charge is 2.37. The van der Waals surface area contributed by atoms with Crippen molar-refractivity contribution < 1.29 is 19.2 Å². The van der Waals surface area contributed by atoms with Crippen molar-refractivity contribution in [1.29, 1.82) is 0 Å². The van der Waals surface area contributed by atoms with Crippen LogP contribution in [0.4, 0.5) is 5.82 Å². The third kappa shape index (κ3) is 4.47. The minimum absolute atomic E-state index is 0.167. The SMILES string of the molecule is Cc1cccc(NC(=O)[C@@H]2CCCN2C(=O)[C@H](C)NC(=O)[C@@H]2CCC(=O)N2)n1. The molecule has 2 fully saturated rings. The summed E-state index contributed by atoms with van der Waals surface area (Å²) >= 11 is 0. The van der Waals surface area contributed by atoms with Crippen molar-refractivity contribution in [3.05, 3.63) is 23.9 Å². The lowest BCUT2D eigenvalue weighted by Gasteiger charge is -2.27. The monoisotopic (exact) mass is 387 g/mol. The van der Waals surface area contributed by atoms with E-state index in [9.17, 15) is 19.2 Å². The Balaban J connectivity index is 1.59. The van der Waals surface area contributed by atoms with Gasteiger partial charge in [-0.2, -0.15) is 0 Å². The van der Waals surface area contributed by atoms with E-state index in [4.69, 9.17) is 0 Å². The van der Waals surface area contributed by atoms with E-state index in [2.05, 4.69) is 20.9 Å². The number of hydrogen-bond donors (Lipinski definition) is 3. The topological polar surface area (TPSA) is 121 Å². The molecule has 3 N–H and O–H groups in total. The summed E-state index contributed by atoms with van der Waals surface area (Å²) in [5, 5.41) is 7.99. The van der Waals surface area contributed by atoms with Crippen LogP contribution in [0.25, 0.3) is 0 Å². The van der Waals surface area contributed by atoms with Gasteiger partial charge in [-0.1, -0.05) is 6.07 Å². The van der Waals surface area contributed by atoms with Crippen LogP contribution in [0.3, 0.4) is 0 Å². The lowest BCUT2D eigenvalue weighted by Crippen LogP contribution is -2.54. The Morgan fingerprint density at radius 3 is 2.71 bits per heavy atom. The Hall–Kier alpha value is -2.97. The third-order valence-corrected chi connectivity index (χ3v) is 5.02. The Labute approximate surface area is 163 Å². The summed E-state index contributed by atoms with van der Waals surface area (Å²) in [6, 6.07) is 3.35. The first-order valence-corrected chi connectivity index (χ1v) is 9.50. The maximum absolute atomic E-state index is 12.8. The number of hydrogen-bond acceptors (Lipinski definition) is 5. The van der Waals surface area contributed by atoms with Crippen LogP contribution in [0, 0.1) is 6.92 Å². The van der Waals surface area contributed by atoms with E-state index in [1.807, 2.05) is 13.0 Å². The molecule has 2 aliphatic rings. The van der Waals surface area contributed by atoms with E-state index < -0.39 is 18.1 Å². The van der Waals surface area contributed by atoms with Gasteiger partial charge in [0.1, 0.15) is 23.9 Å². The van der Waals surface area contributed by atoms with Gasteiger partial charge < -0.3 is 20.9 Å². The lowest BCUT2D eigenvalue weighted by atomic mass is 10.1. The lowest BCUT2D eigenvalue weighted by molar-refractivity contribution is -0.140. The first-order valence-electron chi connectivity index (χ1n) is 9.50. The summed E-state index contributed by atoms with van der Waals surface area (Å²) in [5.74, 6) is -0.697. The number of carbonyl (C=O) groups excluding carboxylic acids is 4. The molecule has 9 heteroatoms. The predicted octanol–water partition coefficient (Wildman–Crippen LogP) is 0.103. The van der Waals surface area contributed by atoms with E-state index in [0.29, 0.717) is 38.0 Å². The van der Waals surface area contributed by atoms with Crippen LogP contribution in [-0.4, -0.2) is 58.2 Å². The van der Waals surface area contributed by atoms with E-state index in [0.717, 1.165) is 5.69 Å². The summed E-state index contributed by atoms with van der Waals surface area (Å²) in [4.78, 5) is 54.7. The third-order valence-electron chi connectivity index (χ3n) is 5.02. The van der Waals surface area contributed by atoms with Gasteiger partial charge in [0.25, 0.3) is 0 Å². The summed E-state index contributed by atoms with van der Waals surface area (Å²) in [7, 11) is 0. The summed E-state index contributed by atoms with van der Waals surface area (Å²) < 4.78 is 0. The number of nitrogens with one attached hydrogen (secondary N) is 3. The maximum Gasteiger partial charge on any atom is 0.248 e. The van der Waals surface area contributed by atoms with Crippen LogP contribution in [0.2, 0.25) is 0 Å². The number of amides is 4. The van der Waals surface area contributed by atoms with Gasteiger partial charge in [0.05, 0.1) is 0 Å². The molecule has 2 aliphatic heterocycles. The van der Waals surface area contributed by atoms with Crippen molar-refractivity contribution in [3.8, 4) is 0 Å². The van der Waals surface area contributed by atoms with Gasteiger partial charge in [-0.05, 0) is 45.2 Å². The number of nitrogens with zero attached hydrogens (tertiary/aromatic N) is 2. The standard InChI is InChI=1S/C19H25N5O4/c1-11-5-3-7-15(20-11)23-18(27)14-6-4-10-24(14)19(28)12(2)21-17(26)13-8-9-16(25)22-13/h3,5,7,12-14H,4,6,8-10H2,1-2H3,(H,21,26)(H,22,25)(H,20,23,27)/t12-,13-,14-/m0/s1. The number of aromatic nitrogens is 1. The van der Waals surface area contributed by atoms with E-state index in [1.54, 1.807) is 19.1 Å². The molecule has 0 aliphatic carbocycles. The summed E-state index contributed by atoms with van der Waals surface area (Å²) in [6.45, 7) is 3.88. The van der Waals surface area contributed by atoms with Gasteiger partial charge in [-0.25, -0.2) is 4.98 Å². The largest absolute Gasteiger partial charge is 0.344 e. The van der Waals surface area contributed by atoms with Gasteiger partial charge in [0.2, 0.25) is 23.6 Å². The molecule has 3 heterocycles. The van der Waals surface area contributed by atoms with Crippen molar-refractivity contribution >= 4 is 29.4 Å². The molecule has 0 radical (unpaired) electrons. The number of likely N-dealkylation sites (tertiary alicyclic amines) is 1. The van der Waals surface area contributed by atoms with Crippen LogP contribution < -0.4 is 16.0 Å². The van der Waals surface area contributed by atoms with Crippen LogP contribution in [0.1, 0.15) is 38.3 Å². The van der Waals surface area contributed by atoms with Gasteiger partial charge in [0.15, 0.2) is 0 Å². The smallest absolute Gasteiger partial charge is 0.248 e. The molecule has 9 nitrogen and oxygen atoms in total. The van der Waals surface area contributed by atoms with Crippen LogP contribution in [0.5, 0.6) is 0 Å². The van der Waals surface area contributed by atoms with Crippen LogP contribution in [0.15, 0.2) is 18.2 Å². The molecule has 3 atom stereocenters. The zero-order chi connectivity index (χ0) is 20.3. The van der Waals surface area contributed by atoms with E-state index >= 15 is 0 Å². The minimum Gasteiger partial charge on any atom is -0.344 e. The molecular formula is C19H25N5O4. The molecule has 4 amide bonds. The van der Waals surface area contributed by atoms with Gasteiger partial charge in [-0.3, -0.25) is 19.2 Å². The van der Waals surface area contributed by atoms with Gasteiger partial charge >= 0.3 is 0 Å². The summed E-state index contributed by atoms with van der Waals surface area (Å²) in [5.41, 5.74) is 0.785. The quantitative estimate of drug-likeness (QED) is 0.662. The Bertz CT molecular complexity index is 796. The summed E-state index contributed by atoms with van der Waals surface area (Å²) in [6.07, 6.45) is 2.00. The number of rotatable bonds is 5. The molecule has 0 unspecified atom stereocenters. The normalized spacial score (nSPS) is 22.5. The van der Waals surface area contributed by atoms with Crippen molar-refractivity contribution in [1.82, 2.24) is 20.5 Å². The number of pyridine rings is 1. The number of anilines is 1. The van der Waals surface area contributed by atoms with Crippen molar-refractivity contribution in [2.24, 2.45) is 0 Å². The predicted molar refractivity (Wildman–Crippen MR) is 101 cm³/mol. The first kappa shape index (κ1) is 19.8. The van der Waals surface area contributed by atoms with Crippen molar-refractivity contribution in [2.45, 2.75) is 57.7 Å². The minimum atomic E-state index is -0.782. The highest BCUT2D eigenvalue weighted by atomic mass is 16.2. The molecule has 1 aromatic rings. The first-order chi connectivity index (χ1) is 13.3. The van der Waals surface area contributed by atoms with Crippen molar-refractivity contribution in [2.75, 3.05) is 11.9 Å². The Morgan fingerprint density at radius 2 is 2.04 bits per heavy atom. The molecule has 0 spiro atoms. The Kier molecular flexibility index (Phi) is 5.91. The fourth-order valence-electron chi connectivity index (χ4n) is 3.56. The zero-order valence-electron chi connectivity index (χ0n) is 16.0. The molecular weight excluding hydrogens is 362 g/mol. The zero-order valence-corrected chi connectivity index (χ0v) is 16.0. The fraction of sp³-hybridized carbons (Fsp3) is 0.526. The molecule has 0 bridgehead atoms. The van der Waals surface area contributed by atoms with Crippen LogP contribution in [-0.2, 0) is 19.2 Å². The average Bonchev–Trinajstić information content (AvgIpc) is 3.30. The molecule has 3 rings (SSSR count). The average molecular weight is 387 g/mol. The second-order valence-electron chi connectivity index (χ2n) is 7.23. The maximum atomic E-state index is 12.8. The molecule has 1 aromatic heterocycles. The fourth-order valence-corrected chi connectivity index (χ4v) is 3.56. The second-order valence-corrected chi connectivity index (χ2v) is 7.23. The molecule has 28 heavy (non-hydrogen) atoms. The number of aryl methyl sites for hydroxylation is 1. The Morgan fingerprint density at radius 1 is 1.25 bits per heavy atom. The molecule has 0 saturated carbocycles. The van der Waals surface area contributed by atoms with Crippen molar-refractivity contribution in [3.63, 3.8) is 0 Å². The van der Waals surface area contributed by atoms with Gasteiger partial charge in [0, 0.05) is 18.7 Å². The molecule has 150 valence electrons. The number of carbonyl (C=O) groups is 4. The van der Waals surface area contributed by atoms with Crippen LogP contribution >= 0.6 is 0 Å². The second kappa shape index (κ2) is 8.37.